The maximum absolute atomic E-state index is 5.51. The van der Waals surface area contributed by atoms with Crippen LogP contribution in [0.2, 0.25) is 0 Å². The summed E-state index contributed by atoms with van der Waals surface area (Å²) in [5.74, 6) is 0.931. The van der Waals surface area contributed by atoms with Gasteiger partial charge in [0, 0.05) is 18.8 Å². The van der Waals surface area contributed by atoms with Crippen molar-refractivity contribution in [3.63, 3.8) is 0 Å². The Morgan fingerprint density at radius 1 is 1.58 bits per heavy atom. The number of hydrogen-bond acceptors (Lipinski definition) is 3. The Bertz CT molecular complexity index is 162. The first kappa shape index (κ1) is 11.0. The van der Waals surface area contributed by atoms with Crippen LogP contribution < -0.4 is 5.73 Å². The lowest BCUT2D eigenvalue weighted by atomic mass is 10.2. The summed E-state index contributed by atoms with van der Waals surface area (Å²) in [5, 5.41) is 0. The van der Waals surface area contributed by atoms with Crippen molar-refractivity contribution in [2.24, 2.45) is 16.6 Å². The number of nitrogens with two attached hydrogens (primary N) is 1. The van der Waals surface area contributed by atoms with Crippen LogP contribution >= 0.6 is 0 Å². The maximum atomic E-state index is 5.51. The van der Waals surface area contributed by atoms with Crippen molar-refractivity contribution in [3.8, 4) is 0 Å². The molecule has 0 aliphatic carbocycles. The molecule has 0 saturated heterocycles. The lowest BCUT2D eigenvalue weighted by molar-refractivity contribution is 0.177. The van der Waals surface area contributed by atoms with Gasteiger partial charge in [-0.1, -0.05) is 13.8 Å². The first-order valence-corrected chi connectivity index (χ1v) is 4.25. The van der Waals surface area contributed by atoms with E-state index in [0.717, 1.165) is 6.54 Å². The monoisotopic (exact) mass is 170 g/mol. The molecule has 0 saturated carbocycles. The highest BCUT2D eigenvalue weighted by atomic mass is 16.5. The Labute approximate surface area is 74.3 Å². The van der Waals surface area contributed by atoms with Gasteiger partial charge in [0.1, 0.15) is 0 Å². The quantitative estimate of drug-likeness (QED) is 0.502. The highest BCUT2D eigenvalue weighted by Crippen LogP contribution is 1.95. The predicted octanol–water partition coefficient (Wildman–Crippen LogP) is 1.55. The van der Waals surface area contributed by atoms with Gasteiger partial charge in [-0.05, 0) is 12.8 Å². The number of hydrogen-bond donors (Lipinski definition) is 1. The molecule has 0 radical (unpaired) electrons. The molecular weight excluding hydrogens is 152 g/mol. The molecule has 3 nitrogen and oxygen atoms in total. The molecule has 0 aromatic heterocycles. The Hall–Kier alpha value is -0.990. The summed E-state index contributed by atoms with van der Waals surface area (Å²) in [6.45, 7) is 7.55. The zero-order valence-corrected chi connectivity index (χ0v) is 8.08. The smallest absolute Gasteiger partial charge is 0.185 e. The van der Waals surface area contributed by atoms with Crippen molar-refractivity contribution < 1.29 is 4.74 Å². The van der Waals surface area contributed by atoms with E-state index in [1.54, 1.807) is 12.3 Å². The fourth-order valence-electron chi connectivity index (χ4n) is 0.543. The van der Waals surface area contributed by atoms with Crippen molar-refractivity contribution in [2.45, 2.75) is 20.8 Å². The third-order valence-electron chi connectivity index (χ3n) is 1.11. The van der Waals surface area contributed by atoms with E-state index in [-0.39, 0.29) is 0 Å². The molecule has 0 amide bonds. The van der Waals surface area contributed by atoms with E-state index in [1.165, 1.54) is 0 Å². The predicted molar refractivity (Wildman–Crippen MR) is 52.1 cm³/mol. The maximum Gasteiger partial charge on any atom is 0.185 e. The van der Waals surface area contributed by atoms with E-state index in [2.05, 4.69) is 18.8 Å². The van der Waals surface area contributed by atoms with Gasteiger partial charge in [-0.25, -0.2) is 0 Å². The second-order valence-electron chi connectivity index (χ2n) is 2.92. The SMILES string of the molecule is CCN=CC=C(N)OCC(C)C. The van der Waals surface area contributed by atoms with Crippen molar-refractivity contribution >= 4 is 6.21 Å². The van der Waals surface area contributed by atoms with Gasteiger partial charge in [0.05, 0.1) is 6.61 Å². The van der Waals surface area contributed by atoms with Gasteiger partial charge in [0.25, 0.3) is 0 Å². The van der Waals surface area contributed by atoms with Gasteiger partial charge in [-0.3, -0.25) is 4.99 Å². The molecule has 0 aliphatic heterocycles. The molecular formula is C9H18N2O. The second-order valence-corrected chi connectivity index (χ2v) is 2.92. The van der Waals surface area contributed by atoms with E-state index in [1.807, 2.05) is 6.92 Å². The van der Waals surface area contributed by atoms with E-state index >= 15 is 0 Å². The number of ether oxygens (including phenoxy) is 1. The molecule has 0 unspecified atom stereocenters. The van der Waals surface area contributed by atoms with Crippen molar-refractivity contribution in [3.05, 3.63) is 12.0 Å². The van der Waals surface area contributed by atoms with Crippen LogP contribution in [0.3, 0.4) is 0 Å². The molecule has 0 bridgehead atoms. The second kappa shape index (κ2) is 6.70. The molecule has 0 heterocycles. The average molecular weight is 170 g/mol. The van der Waals surface area contributed by atoms with E-state index in [4.69, 9.17) is 10.5 Å². The summed E-state index contributed by atoms with van der Waals surface area (Å²) in [7, 11) is 0. The molecule has 3 heteroatoms. The van der Waals surface area contributed by atoms with E-state index < -0.39 is 0 Å². The summed E-state index contributed by atoms with van der Waals surface area (Å²) in [6, 6.07) is 0. The number of aliphatic imine (C=N–C) groups is 1. The number of rotatable bonds is 5. The molecule has 0 rings (SSSR count). The molecule has 0 aromatic carbocycles. The van der Waals surface area contributed by atoms with Crippen LogP contribution in [-0.4, -0.2) is 19.4 Å². The molecule has 0 aromatic rings. The van der Waals surface area contributed by atoms with Gasteiger partial charge in [-0.15, -0.1) is 0 Å². The minimum absolute atomic E-state index is 0.431. The Morgan fingerprint density at radius 2 is 2.25 bits per heavy atom. The molecule has 0 fully saturated rings. The van der Waals surface area contributed by atoms with Crippen molar-refractivity contribution in [1.29, 1.82) is 0 Å². The molecule has 0 aliphatic rings. The fraction of sp³-hybridized carbons (Fsp3) is 0.667. The normalized spacial score (nSPS) is 12.8. The van der Waals surface area contributed by atoms with Crippen LogP contribution in [0.1, 0.15) is 20.8 Å². The highest BCUT2D eigenvalue weighted by molar-refractivity contribution is 5.71. The van der Waals surface area contributed by atoms with Crippen LogP contribution in [0.25, 0.3) is 0 Å². The Balaban J connectivity index is 3.63. The van der Waals surface area contributed by atoms with Crippen LogP contribution in [0.5, 0.6) is 0 Å². The third-order valence-corrected chi connectivity index (χ3v) is 1.11. The minimum atomic E-state index is 0.431. The summed E-state index contributed by atoms with van der Waals surface area (Å²) in [5.41, 5.74) is 5.51. The van der Waals surface area contributed by atoms with E-state index in [0.29, 0.717) is 18.4 Å². The van der Waals surface area contributed by atoms with Crippen LogP contribution in [0.15, 0.2) is 17.0 Å². The van der Waals surface area contributed by atoms with Crippen LogP contribution in [0, 0.1) is 5.92 Å². The average Bonchev–Trinajstić information content (AvgIpc) is 2.01. The molecule has 70 valence electrons. The topological polar surface area (TPSA) is 47.6 Å². The van der Waals surface area contributed by atoms with Crippen LogP contribution in [-0.2, 0) is 4.74 Å². The van der Waals surface area contributed by atoms with E-state index in [9.17, 15) is 0 Å². The fourth-order valence-corrected chi connectivity index (χ4v) is 0.543. The van der Waals surface area contributed by atoms with Crippen LogP contribution in [0.4, 0.5) is 0 Å². The third kappa shape index (κ3) is 7.12. The van der Waals surface area contributed by atoms with Gasteiger partial charge < -0.3 is 10.5 Å². The Kier molecular flexibility index (Phi) is 6.15. The minimum Gasteiger partial charge on any atom is -0.479 e. The van der Waals surface area contributed by atoms with Gasteiger partial charge in [0.15, 0.2) is 5.88 Å². The Morgan fingerprint density at radius 3 is 2.75 bits per heavy atom. The molecule has 12 heavy (non-hydrogen) atoms. The zero-order chi connectivity index (χ0) is 9.40. The standard InChI is InChI=1S/C9H18N2O/c1-4-11-6-5-9(10)12-7-8(2)3/h5-6,8H,4,7,10H2,1-3H3. The molecule has 2 N–H and O–H groups in total. The summed E-state index contributed by atoms with van der Waals surface area (Å²) in [6.07, 6.45) is 3.33. The van der Waals surface area contributed by atoms with Gasteiger partial charge in [-0.2, -0.15) is 0 Å². The number of nitrogens with zero attached hydrogens (tertiary/aromatic N) is 1. The molecule has 0 spiro atoms. The zero-order valence-electron chi connectivity index (χ0n) is 8.08. The summed E-state index contributed by atoms with van der Waals surface area (Å²) < 4.78 is 5.20. The highest BCUT2D eigenvalue weighted by Gasteiger charge is 1.93. The number of allylic oxidation sites excluding steroid dienone is 1. The van der Waals surface area contributed by atoms with Crippen molar-refractivity contribution in [2.75, 3.05) is 13.2 Å². The van der Waals surface area contributed by atoms with Crippen molar-refractivity contribution in [1.82, 2.24) is 0 Å². The first-order chi connectivity index (χ1) is 5.66. The van der Waals surface area contributed by atoms with Gasteiger partial charge in [0.2, 0.25) is 0 Å². The molecule has 0 atom stereocenters. The summed E-state index contributed by atoms with van der Waals surface area (Å²) in [4.78, 5) is 3.98. The van der Waals surface area contributed by atoms with Gasteiger partial charge >= 0.3 is 0 Å². The summed E-state index contributed by atoms with van der Waals surface area (Å²) >= 11 is 0. The largest absolute Gasteiger partial charge is 0.479 e. The first-order valence-electron chi connectivity index (χ1n) is 4.25. The lowest BCUT2D eigenvalue weighted by Crippen LogP contribution is -2.08. The lowest BCUT2D eigenvalue weighted by Gasteiger charge is -2.06.